The van der Waals surface area contributed by atoms with E-state index in [1.807, 2.05) is 100 Å². The van der Waals surface area contributed by atoms with Gasteiger partial charge in [0.1, 0.15) is 11.6 Å². The Labute approximate surface area is 234 Å². The summed E-state index contributed by atoms with van der Waals surface area (Å²) in [7, 11) is 0. The Hall–Kier alpha value is -4.50. The van der Waals surface area contributed by atoms with Gasteiger partial charge in [0.15, 0.2) is 0 Å². The van der Waals surface area contributed by atoms with Crippen molar-refractivity contribution in [2.45, 2.75) is 0 Å². The van der Waals surface area contributed by atoms with Gasteiger partial charge in [-0.3, -0.25) is 14.9 Å². The second-order valence-corrected chi connectivity index (χ2v) is 8.71. The normalized spacial score (nSPS) is 10.9. The van der Waals surface area contributed by atoms with E-state index in [0.29, 0.717) is 0 Å². The first-order valence-corrected chi connectivity index (χ1v) is 12.1. The summed E-state index contributed by atoms with van der Waals surface area (Å²) in [4.78, 5) is 12.2. The van der Waals surface area contributed by atoms with Crippen LogP contribution in [0.15, 0.2) is 127 Å². The molecule has 0 N–H and O–H groups in total. The number of para-hydroxylation sites is 3. The number of rotatable bonds is 5. The summed E-state index contributed by atoms with van der Waals surface area (Å²) < 4.78 is 3.99. The van der Waals surface area contributed by atoms with E-state index in [1.54, 1.807) is 0 Å². The summed E-state index contributed by atoms with van der Waals surface area (Å²) in [5.41, 5.74) is 3.10. The number of benzene rings is 3. The third-order valence-corrected chi connectivity index (χ3v) is 6.42. The van der Waals surface area contributed by atoms with E-state index < -0.39 is 0 Å². The van der Waals surface area contributed by atoms with Gasteiger partial charge in [-0.1, -0.05) is 102 Å². The molecule has 0 amide bonds. The van der Waals surface area contributed by atoms with E-state index in [1.165, 1.54) is 0 Å². The van der Waals surface area contributed by atoms with Crippen LogP contribution in [0.5, 0.6) is 0 Å². The first-order chi connectivity index (χ1) is 18.3. The molecule has 0 unspecified atom stereocenters. The molecule has 6 heteroatoms. The van der Waals surface area contributed by atoms with Gasteiger partial charge in [-0.25, -0.2) is 0 Å². The monoisotopic (exact) mass is 581 g/mol. The molecule has 5 nitrogen and oxygen atoms in total. The Morgan fingerprint density at radius 1 is 0.500 bits per heavy atom. The molecule has 4 heterocycles. The number of anilines is 3. The molecule has 0 aliphatic carbocycles. The second kappa shape index (κ2) is 10.1. The number of aromatic nitrogens is 4. The van der Waals surface area contributed by atoms with Gasteiger partial charge in [-0.2, -0.15) is 0 Å². The van der Waals surface area contributed by atoms with E-state index in [0.717, 1.165) is 50.8 Å². The van der Waals surface area contributed by atoms with Crippen molar-refractivity contribution in [3.63, 3.8) is 0 Å². The van der Waals surface area contributed by atoms with Crippen LogP contribution in [-0.4, -0.2) is 19.1 Å². The first kappa shape index (κ1) is 23.9. The molecule has 0 aliphatic heterocycles. The van der Waals surface area contributed by atoms with Gasteiger partial charge in [0.05, 0.1) is 11.6 Å². The van der Waals surface area contributed by atoms with Gasteiger partial charge in [0.2, 0.25) is 0 Å². The number of hydrogen-bond donors (Lipinski definition) is 0. The molecule has 0 aliphatic rings. The SMILES string of the molecule is [Pd+2].[c-]1cc2ccccc2n1-c1cccc(N(c2ccccc2)c2cccc(-n3[c-]cc4ccccc43)n2)n1. The molecular formula is C32H21N5Pd. The molecule has 7 aromatic rings. The van der Waals surface area contributed by atoms with Crippen LogP contribution in [0.25, 0.3) is 33.4 Å². The van der Waals surface area contributed by atoms with Crippen molar-refractivity contribution in [3.8, 4) is 11.6 Å². The average Bonchev–Trinajstić information content (AvgIpc) is 3.59. The third-order valence-electron chi connectivity index (χ3n) is 6.42. The molecule has 0 atom stereocenters. The molecule has 7 rings (SSSR count). The van der Waals surface area contributed by atoms with E-state index in [-0.39, 0.29) is 20.4 Å². The van der Waals surface area contributed by atoms with Crippen molar-refractivity contribution in [3.05, 3.63) is 140 Å². The van der Waals surface area contributed by atoms with E-state index >= 15 is 0 Å². The zero-order chi connectivity index (χ0) is 24.6. The fraction of sp³-hybridized carbons (Fsp3) is 0. The van der Waals surface area contributed by atoms with Crippen LogP contribution >= 0.6 is 0 Å². The fourth-order valence-electron chi connectivity index (χ4n) is 4.69. The first-order valence-electron chi connectivity index (χ1n) is 12.1. The zero-order valence-corrected chi connectivity index (χ0v) is 21.7. The van der Waals surface area contributed by atoms with Crippen molar-refractivity contribution >= 4 is 39.1 Å². The largest absolute Gasteiger partial charge is 2.00 e. The van der Waals surface area contributed by atoms with Crippen molar-refractivity contribution in [1.82, 2.24) is 19.1 Å². The number of pyridine rings is 2. The van der Waals surface area contributed by atoms with Crippen molar-refractivity contribution < 1.29 is 20.4 Å². The molecule has 0 fully saturated rings. The Morgan fingerprint density at radius 2 is 0.974 bits per heavy atom. The Kier molecular flexibility index (Phi) is 6.35. The predicted molar refractivity (Wildman–Crippen MR) is 148 cm³/mol. The zero-order valence-electron chi connectivity index (χ0n) is 20.2. The quantitative estimate of drug-likeness (QED) is 0.157. The molecule has 0 saturated carbocycles. The number of nitrogens with zero attached hydrogens (tertiary/aromatic N) is 5. The smallest absolute Gasteiger partial charge is 0.429 e. The standard InChI is InChI=1S/C32H21N5.Pd/c1-2-12-26(13-3-1)37(31-18-8-16-29(33-31)35-22-20-24-10-4-6-14-27(24)35)32-19-9-17-30(34-32)36-23-21-25-11-5-7-15-28(25)36;/h1-21H;/q-2;+2. The van der Waals surface area contributed by atoms with Crippen molar-refractivity contribution in [2.75, 3.05) is 4.90 Å². The fourth-order valence-corrected chi connectivity index (χ4v) is 4.69. The van der Waals surface area contributed by atoms with Gasteiger partial charge < -0.3 is 9.13 Å². The predicted octanol–water partition coefficient (Wildman–Crippen LogP) is 7.43. The molecule has 0 spiro atoms. The van der Waals surface area contributed by atoms with Gasteiger partial charge in [-0.05, 0) is 24.3 Å². The second-order valence-electron chi connectivity index (χ2n) is 8.71. The maximum atomic E-state index is 5.06. The van der Waals surface area contributed by atoms with Crippen LogP contribution in [0.2, 0.25) is 0 Å². The maximum absolute atomic E-state index is 5.06. The van der Waals surface area contributed by atoms with Gasteiger partial charge in [0.25, 0.3) is 0 Å². The van der Waals surface area contributed by atoms with Gasteiger partial charge in [-0.15, -0.1) is 35.0 Å². The van der Waals surface area contributed by atoms with Crippen LogP contribution < -0.4 is 4.90 Å². The molecule has 0 saturated heterocycles. The van der Waals surface area contributed by atoms with Crippen LogP contribution in [0.1, 0.15) is 0 Å². The minimum absolute atomic E-state index is 0. The summed E-state index contributed by atoms with van der Waals surface area (Å²) >= 11 is 0. The summed E-state index contributed by atoms with van der Waals surface area (Å²) in [5.74, 6) is 3.11. The molecule has 0 bridgehead atoms. The van der Waals surface area contributed by atoms with Crippen LogP contribution in [0, 0.1) is 12.4 Å². The van der Waals surface area contributed by atoms with Crippen LogP contribution in [0.4, 0.5) is 17.3 Å². The Morgan fingerprint density at radius 3 is 1.50 bits per heavy atom. The molecule has 0 radical (unpaired) electrons. The minimum atomic E-state index is 0. The summed E-state index contributed by atoms with van der Waals surface area (Å²) in [6, 6.07) is 42.7. The number of fused-ring (bicyclic) bond motifs is 2. The van der Waals surface area contributed by atoms with Crippen molar-refractivity contribution in [2.24, 2.45) is 0 Å². The average molecular weight is 582 g/mol. The molecular weight excluding hydrogens is 561 g/mol. The Bertz CT molecular complexity index is 1740. The molecule has 184 valence electrons. The van der Waals surface area contributed by atoms with Crippen molar-refractivity contribution in [1.29, 1.82) is 0 Å². The van der Waals surface area contributed by atoms with Gasteiger partial charge in [0, 0.05) is 5.69 Å². The Balaban J connectivity index is 0.00000264. The van der Waals surface area contributed by atoms with Gasteiger partial charge >= 0.3 is 20.4 Å². The molecule has 3 aromatic carbocycles. The summed E-state index contributed by atoms with van der Waals surface area (Å²) in [6.45, 7) is 0. The maximum Gasteiger partial charge on any atom is 2.00 e. The molecule has 38 heavy (non-hydrogen) atoms. The molecule has 4 aromatic heterocycles. The summed E-state index contributed by atoms with van der Waals surface area (Å²) in [6.07, 6.45) is 6.67. The van der Waals surface area contributed by atoms with E-state index in [9.17, 15) is 0 Å². The van der Waals surface area contributed by atoms with E-state index in [4.69, 9.17) is 9.97 Å². The van der Waals surface area contributed by atoms with E-state index in [2.05, 4.69) is 53.7 Å². The minimum Gasteiger partial charge on any atom is -0.429 e. The van der Waals surface area contributed by atoms with Crippen LogP contribution in [-0.2, 0) is 20.4 Å². The third kappa shape index (κ3) is 4.20. The summed E-state index contributed by atoms with van der Waals surface area (Å²) in [5, 5.41) is 2.25. The topological polar surface area (TPSA) is 38.9 Å². The van der Waals surface area contributed by atoms with Crippen LogP contribution in [0.3, 0.4) is 0 Å². The number of hydrogen-bond acceptors (Lipinski definition) is 3.